The molecule has 0 heterocycles. The standard InChI is InChI=1S/C28H22IN3O4/c1-30(27(33)22-14-6-9-17-25(22)32(35)36)24-16-8-5-13-21(24)28(34)31(19-20-11-3-2-4-12-20)26-18-10-7-15-23(26)29/h2-18H,19H2,1H3. The molecule has 180 valence electrons. The average molecular weight is 591 g/mol. The maximum atomic E-state index is 14.0. The number of benzene rings is 4. The van der Waals surface area contributed by atoms with Crippen LogP contribution >= 0.6 is 22.6 Å². The van der Waals surface area contributed by atoms with Gasteiger partial charge >= 0.3 is 0 Å². The number of anilines is 2. The Morgan fingerprint density at radius 1 is 0.750 bits per heavy atom. The maximum absolute atomic E-state index is 14.0. The van der Waals surface area contributed by atoms with Gasteiger partial charge in [-0.25, -0.2) is 0 Å². The fraction of sp³-hybridized carbons (Fsp3) is 0.0714. The second kappa shape index (κ2) is 11.1. The van der Waals surface area contributed by atoms with Crippen molar-refractivity contribution in [1.82, 2.24) is 0 Å². The molecule has 0 aliphatic carbocycles. The van der Waals surface area contributed by atoms with E-state index in [2.05, 4.69) is 22.6 Å². The van der Waals surface area contributed by atoms with Crippen LogP contribution < -0.4 is 9.80 Å². The Kier molecular flexibility index (Phi) is 7.74. The molecule has 0 aliphatic heterocycles. The molecule has 0 atom stereocenters. The third-order valence-electron chi connectivity index (χ3n) is 5.70. The van der Waals surface area contributed by atoms with Crippen LogP contribution in [0.15, 0.2) is 103 Å². The van der Waals surface area contributed by atoms with Crippen LogP contribution in [0.2, 0.25) is 0 Å². The average Bonchev–Trinajstić information content (AvgIpc) is 2.91. The lowest BCUT2D eigenvalue weighted by molar-refractivity contribution is -0.385. The molecule has 0 unspecified atom stereocenters. The highest BCUT2D eigenvalue weighted by Gasteiger charge is 2.28. The Morgan fingerprint density at radius 3 is 1.97 bits per heavy atom. The van der Waals surface area contributed by atoms with Gasteiger partial charge in [0.2, 0.25) is 0 Å². The van der Waals surface area contributed by atoms with Gasteiger partial charge in [0.15, 0.2) is 0 Å². The van der Waals surface area contributed by atoms with Crippen LogP contribution in [-0.4, -0.2) is 23.8 Å². The Balaban J connectivity index is 1.76. The quantitative estimate of drug-likeness (QED) is 0.143. The summed E-state index contributed by atoms with van der Waals surface area (Å²) in [4.78, 5) is 41.2. The van der Waals surface area contributed by atoms with Crippen molar-refractivity contribution in [3.8, 4) is 0 Å². The van der Waals surface area contributed by atoms with Gasteiger partial charge < -0.3 is 9.80 Å². The van der Waals surface area contributed by atoms with Crippen LogP contribution in [0.5, 0.6) is 0 Å². The fourth-order valence-electron chi connectivity index (χ4n) is 3.90. The number of nitro benzene ring substituents is 1. The molecule has 4 rings (SSSR count). The number of amides is 2. The first-order chi connectivity index (χ1) is 17.4. The number of halogens is 1. The molecule has 0 aromatic heterocycles. The van der Waals surface area contributed by atoms with Gasteiger partial charge in [-0.05, 0) is 58.5 Å². The van der Waals surface area contributed by atoms with E-state index >= 15 is 0 Å². The van der Waals surface area contributed by atoms with Gasteiger partial charge in [-0.15, -0.1) is 0 Å². The van der Waals surface area contributed by atoms with E-state index in [-0.39, 0.29) is 17.2 Å². The monoisotopic (exact) mass is 591 g/mol. The lowest BCUT2D eigenvalue weighted by Gasteiger charge is -2.27. The van der Waals surface area contributed by atoms with Crippen molar-refractivity contribution in [3.63, 3.8) is 0 Å². The van der Waals surface area contributed by atoms with E-state index in [0.717, 1.165) is 14.8 Å². The van der Waals surface area contributed by atoms with Crippen molar-refractivity contribution in [2.45, 2.75) is 6.54 Å². The molecular formula is C28H22IN3O4. The minimum absolute atomic E-state index is 0.0500. The minimum Gasteiger partial charge on any atom is -0.310 e. The Morgan fingerprint density at radius 2 is 1.31 bits per heavy atom. The highest BCUT2D eigenvalue weighted by Crippen LogP contribution is 2.30. The van der Waals surface area contributed by atoms with Crippen molar-refractivity contribution >= 4 is 51.5 Å². The molecule has 7 nitrogen and oxygen atoms in total. The summed E-state index contributed by atoms with van der Waals surface area (Å²) in [7, 11) is 1.51. The number of carbonyl (C=O) groups excluding carboxylic acids is 2. The Labute approximate surface area is 222 Å². The van der Waals surface area contributed by atoms with E-state index in [9.17, 15) is 19.7 Å². The third kappa shape index (κ3) is 5.28. The molecule has 4 aromatic rings. The number of nitro groups is 1. The predicted molar refractivity (Wildman–Crippen MR) is 148 cm³/mol. The van der Waals surface area contributed by atoms with Crippen LogP contribution in [0, 0.1) is 13.7 Å². The van der Waals surface area contributed by atoms with Crippen molar-refractivity contribution in [2.24, 2.45) is 0 Å². The van der Waals surface area contributed by atoms with Crippen LogP contribution in [-0.2, 0) is 6.54 Å². The second-order valence-corrected chi connectivity index (χ2v) is 9.15. The summed E-state index contributed by atoms with van der Waals surface area (Å²) in [5, 5.41) is 11.5. The summed E-state index contributed by atoms with van der Waals surface area (Å²) in [5.74, 6) is -0.868. The van der Waals surface area contributed by atoms with Gasteiger partial charge in [0.25, 0.3) is 17.5 Å². The molecule has 0 spiro atoms. The van der Waals surface area contributed by atoms with Crippen molar-refractivity contribution in [2.75, 3.05) is 16.8 Å². The number of hydrogen-bond donors (Lipinski definition) is 0. The van der Waals surface area contributed by atoms with Crippen LogP contribution in [0.1, 0.15) is 26.3 Å². The smallest absolute Gasteiger partial charge is 0.282 e. The Hall–Kier alpha value is -4.05. The fourth-order valence-corrected chi connectivity index (χ4v) is 4.58. The lowest BCUT2D eigenvalue weighted by atomic mass is 10.1. The largest absolute Gasteiger partial charge is 0.310 e. The van der Waals surface area contributed by atoms with Gasteiger partial charge in [-0.1, -0.05) is 66.7 Å². The van der Waals surface area contributed by atoms with Crippen molar-refractivity contribution in [3.05, 3.63) is 134 Å². The summed E-state index contributed by atoms with van der Waals surface area (Å²) in [5.41, 5.74) is 2.02. The third-order valence-corrected chi connectivity index (χ3v) is 6.62. The number of carbonyl (C=O) groups is 2. The zero-order valence-corrected chi connectivity index (χ0v) is 21.5. The lowest BCUT2D eigenvalue weighted by Crippen LogP contribution is -2.34. The molecule has 36 heavy (non-hydrogen) atoms. The predicted octanol–water partition coefficient (Wildman–Crippen LogP) is 6.32. The first-order valence-corrected chi connectivity index (χ1v) is 12.2. The summed E-state index contributed by atoms with van der Waals surface area (Å²) >= 11 is 2.20. The maximum Gasteiger partial charge on any atom is 0.282 e. The molecule has 0 N–H and O–H groups in total. The first kappa shape index (κ1) is 25.1. The number of nitrogens with zero attached hydrogens (tertiary/aromatic N) is 3. The molecule has 0 saturated heterocycles. The van der Waals surface area contributed by atoms with E-state index in [1.807, 2.05) is 54.6 Å². The molecule has 2 amide bonds. The van der Waals surface area contributed by atoms with E-state index in [4.69, 9.17) is 0 Å². The molecule has 0 saturated carbocycles. The van der Waals surface area contributed by atoms with Gasteiger partial charge in [-0.2, -0.15) is 0 Å². The van der Waals surface area contributed by atoms with Gasteiger partial charge in [0.05, 0.1) is 28.4 Å². The van der Waals surface area contributed by atoms with Gasteiger partial charge in [0, 0.05) is 16.7 Å². The molecule has 4 aromatic carbocycles. The van der Waals surface area contributed by atoms with Crippen molar-refractivity contribution < 1.29 is 14.5 Å². The molecule has 0 fully saturated rings. The van der Waals surface area contributed by atoms with E-state index < -0.39 is 10.8 Å². The molecule has 8 heteroatoms. The number of para-hydroxylation sites is 3. The summed E-state index contributed by atoms with van der Waals surface area (Å²) in [6.45, 7) is 0.329. The summed E-state index contributed by atoms with van der Waals surface area (Å²) in [6.07, 6.45) is 0. The first-order valence-electron chi connectivity index (χ1n) is 11.1. The molecular weight excluding hydrogens is 569 g/mol. The zero-order chi connectivity index (χ0) is 25.7. The zero-order valence-electron chi connectivity index (χ0n) is 19.4. The summed E-state index contributed by atoms with van der Waals surface area (Å²) < 4.78 is 0.904. The number of rotatable bonds is 7. The Bertz CT molecular complexity index is 1430. The van der Waals surface area contributed by atoms with E-state index in [1.54, 1.807) is 35.2 Å². The molecule has 0 radical (unpaired) electrons. The minimum atomic E-state index is -0.586. The van der Waals surface area contributed by atoms with E-state index in [1.165, 1.54) is 30.1 Å². The number of hydrogen-bond acceptors (Lipinski definition) is 4. The second-order valence-electron chi connectivity index (χ2n) is 7.98. The topological polar surface area (TPSA) is 83.8 Å². The van der Waals surface area contributed by atoms with Crippen LogP contribution in [0.25, 0.3) is 0 Å². The van der Waals surface area contributed by atoms with Gasteiger partial charge in [-0.3, -0.25) is 19.7 Å². The normalized spacial score (nSPS) is 10.5. The van der Waals surface area contributed by atoms with Crippen molar-refractivity contribution in [1.29, 1.82) is 0 Å². The van der Waals surface area contributed by atoms with Gasteiger partial charge in [0.1, 0.15) is 5.56 Å². The highest BCUT2D eigenvalue weighted by molar-refractivity contribution is 14.1. The van der Waals surface area contributed by atoms with Crippen LogP contribution in [0.3, 0.4) is 0 Å². The summed E-state index contributed by atoms with van der Waals surface area (Å²) in [6, 6.07) is 29.8. The molecule has 0 bridgehead atoms. The highest BCUT2D eigenvalue weighted by atomic mass is 127. The van der Waals surface area contributed by atoms with Crippen LogP contribution in [0.4, 0.5) is 17.1 Å². The molecule has 0 aliphatic rings. The SMILES string of the molecule is CN(C(=O)c1ccccc1[N+](=O)[O-])c1ccccc1C(=O)N(Cc1ccccc1)c1ccccc1I. The van der Waals surface area contributed by atoms with E-state index in [0.29, 0.717) is 17.8 Å².